The Balaban J connectivity index is 1.70. The minimum Gasteiger partial charge on any atom is -0.380 e. The van der Waals surface area contributed by atoms with E-state index in [4.69, 9.17) is 24.9 Å². The molecule has 2 aliphatic rings. The van der Waals surface area contributed by atoms with Crippen molar-refractivity contribution >= 4 is 28.9 Å². The first-order valence-corrected chi connectivity index (χ1v) is 12.7. The van der Waals surface area contributed by atoms with E-state index in [1.807, 2.05) is 6.92 Å². The zero-order valence-electron chi connectivity index (χ0n) is 21.1. The predicted molar refractivity (Wildman–Crippen MR) is 140 cm³/mol. The van der Waals surface area contributed by atoms with Crippen molar-refractivity contribution in [3.8, 4) is 0 Å². The molecule has 0 bridgehead atoms. The van der Waals surface area contributed by atoms with Gasteiger partial charge in [0.2, 0.25) is 5.95 Å². The topological polar surface area (TPSA) is 111 Å². The highest BCUT2D eigenvalue weighted by Crippen LogP contribution is 2.30. The second-order valence-electron chi connectivity index (χ2n) is 9.02. The fourth-order valence-corrected chi connectivity index (χ4v) is 4.30. The molecule has 0 aliphatic carbocycles. The van der Waals surface area contributed by atoms with Gasteiger partial charge in [-0.2, -0.15) is 4.98 Å². The van der Waals surface area contributed by atoms with Crippen molar-refractivity contribution in [2.24, 2.45) is 0 Å². The minimum absolute atomic E-state index is 0.302. The fraction of sp³-hybridized carbons (Fsp3) is 0.560. The SMILES string of the molecule is CCOCCNc1c(Nc2ccc(F)cc2)nc(N2CCNC(C)C2)nc1C(=N)CN1CCOCC1. The molecule has 11 heteroatoms. The number of ether oxygens (including phenoxy) is 2. The average molecular weight is 501 g/mol. The summed E-state index contributed by atoms with van der Waals surface area (Å²) in [7, 11) is 0. The number of hydrogen-bond donors (Lipinski definition) is 4. The summed E-state index contributed by atoms with van der Waals surface area (Å²) in [6.45, 7) is 11.5. The summed E-state index contributed by atoms with van der Waals surface area (Å²) in [6, 6.07) is 6.47. The van der Waals surface area contributed by atoms with Crippen LogP contribution >= 0.6 is 0 Å². The van der Waals surface area contributed by atoms with Gasteiger partial charge in [0.25, 0.3) is 0 Å². The standard InChI is InChI=1S/C25H37FN8O2/c1-3-35-13-9-29-23-22(21(27)17-33-11-14-36-15-12-33)31-25(34-10-8-28-18(2)16-34)32-24(23)30-20-6-4-19(26)5-7-20/h4-7,18,27-29H,3,8-17H2,1-2H3,(H,30,31,32). The second kappa shape index (κ2) is 12.9. The average Bonchev–Trinajstić information content (AvgIpc) is 2.89. The van der Waals surface area contributed by atoms with Gasteiger partial charge in [-0.1, -0.05) is 0 Å². The lowest BCUT2D eigenvalue weighted by molar-refractivity contribution is 0.0452. The molecule has 36 heavy (non-hydrogen) atoms. The van der Waals surface area contributed by atoms with Crippen molar-refractivity contribution in [2.75, 3.05) is 87.8 Å². The van der Waals surface area contributed by atoms with Crippen LogP contribution in [-0.4, -0.2) is 98.9 Å². The van der Waals surface area contributed by atoms with Gasteiger partial charge in [0.15, 0.2) is 5.82 Å². The molecule has 0 saturated carbocycles. The van der Waals surface area contributed by atoms with Gasteiger partial charge in [-0.25, -0.2) is 9.37 Å². The highest BCUT2D eigenvalue weighted by Gasteiger charge is 2.25. The van der Waals surface area contributed by atoms with E-state index >= 15 is 0 Å². The number of nitrogens with one attached hydrogen (secondary N) is 4. The molecule has 2 saturated heterocycles. The number of benzene rings is 1. The van der Waals surface area contributed by atoms with Gasteiger partial charge >= 0.3 is 0 Å². The van der Waals surface area contributed by atoms with Crippen molar-refractivity contribution in [1.29, 1.82) is 5.41 Å². The van der Waals surface area contributed by atoms with E-state index in [1.54, 1.807) is 12.1 Å². The van der Waals surface area contributed by atoms with Crippen LogP contribution in [0.1, 0.15) is 19.5 Å². The molecule has 0 radical (unpaired) electrons. The zero-order valence-corrected chi connectivity index (χ0v) is 21.1. The van der Waals surface area contributed by atoms with E-state index in [1.165, 1.54) is 12.1 Å². The highest BCUT2D eigenvalue weighted by atomic mass is 19.1. The van der Waals surface area contributed by atoms with E-state index in [2.05, 4.69) is 32.7 Å². The first-order chi connectivity index (χ1) is 17.5. The van der Waals surface area contributed by atoms with Gasteiger partial charge in [0, 0.05) is 64.1 Å². The molecule has 196 valence electrons. The lowest BCUT2D eigenvalue weighted by Crippen LogP contribution is -2.50. The fourth-order valence-electron chi connectivity index (χ4n) is 4.30. The van der Waals surface area contributed by atoms with Crippen LogP contribution in [0.5, 0.6) is 0 Å². The summed E-state index contributed by atoms with van der Waals surface area (Å²) in [5, 5.41) is 19.2. The van der Waals surface area contributed by atoms with Crippen LogP contribution in [0.2, 0.25) is 0 Å². The third-order valence-corrected chi connectivity index (χ3v) is 6.18. The van der Waals surface area contributed by atoms with Gasteiger partial charge in [-0.05, 0) is 38.1 Å². The molecule has 2 aliphatic heterocycles. The molecule has 10 nitrogen and oxygen atoms in total. The Morgan fingerprint density at radius 2 is 2.00 bits per heavy atom. The molecule has 1 atom stereocenters. The van der Waals surface area contributed by atoms with Gasteiger partial charge in [0.1, 0.15) is 17.2 Å². The number of rotatable bonds is 11. The largest absolute Gasteiger partial charge is 0.380 e. The van der Waals surface area contributed by atoms with E-state index in [0.29, 0.717) is 80.1 Å². The quantitative estimate of drug-likeness (QED) is 0.273. The molecule has 4 N–H and O–H groups in total. The highest BCUT2D eigenvalue weighted by molar-refractivity contribution is 6.05. The Morgan fingerprint density at radius 3 is 2.72 bits per heavy atom. The Labute approximate surface area is 212 Å². The number of anilines is 4. The maximum atomic E-state index is 13.5. The molecule has 2 fully saturated rings. The summed E-state index contributed by atoms with van der Waals surface area (Å²) in [6.07, 6.45) is 0. The molecular formula is C25H37FN8O2. The van der Waals surface area contributed by atoms with Gasteiger partial charge in [0.05, 0.1) is 25.5 Å². The number of nitrogens with zero attached hydrogens (tertiary/aromatic N) is 4. The number of hydrogen-bond acceptors (Lipinski definition) is 10. The number of halogens is 1. The molecule has 2 aromatic rings. The lowest BCUT2D eigenvalue weighted by atomic mass is 10.1. The summed E-state index contributed by atoms with van der Waals surface area (Å²) in [5.41, 5.74) is 2.31. The minimum atomic E-state index is -0.304. The first kappa shape index (κ1) is 26.2. The van der Waals surface area contributed by atoms with Crippen LogP contribution in [0.3, 0.4) is 0 Å². The number of aromatic nitrogens is 2. The van der Waals surface area contributed by atoms with Crippen molar-refractivity contribution in [3.63, 3.8) is 0 Å². The van der Waals surface area contributed by atoms with E-state index in [-0.39, 0.29) is 5.82 Å². The maximum Gasteiger partial charge on any atom is 0.228 e. The molecule has 1 unspecified atom stereocenters. The Kier molecular flexibility index (Phi) is 9.40. The van der Waals surface area contributed by atoms with Gasteiger partial charge < -0.3 is 35.7 Å². The summed E-state index contributed by atoms with van der Waals surface area (Å²) < 4.78 is 24.5. The van der Waals surface area contributed by atoms with Crippen molar-refractivity contribution in [1.82, 2.24) is 20.2 Å². The van der Waals surface area contributed by atoms with Crippen LogP contribution < -0.4 is 20.9 Å². The van der Waals surface area contributed by atoms with Crippen LogP contribution in [0.15, 0.2) is 24.3 Å². The first-order valence-electron chi connectivity index (χ1n) is 12.7. The molecular weight excluding hydrogens is 463 g/mol. The molecule has 0 amide bonds. The number of morpholine rings is 1. The zero-order chi connectivity index (χ0) is 25.3. The molecule has 1 aromatic heterocycles. The molecule has 1 aromatic carbocycles. The monoisotopic (exact) mass is 500 g/mol. The maximum absolute atomic E-state index is 13.5. The van der Waals surface area contributed by atoms with E-state index < -0.39 is 0 Å². The van der Waals surface area contributed by atoms with Gasteiger partial charge in [-0.3, -0.25) is 4.90 Å². The third kappa shape index (κ3) is 7.10. The Bertz CT molecular complexity index is 1000. The molecule has 3 heterocycles. The Hall–Kier alpha value is -2.86. The van der Waals surface area contributed by atoms with Crippen molar-refractivity contribution in [2.45, 2.75) is 19.9 Å². The van der Waals surface area contributed by atoms with E-state index in [0.717, 1.165) is 32.7 Å². The van der Waals surface area contributed by atoms with Gasteiger partial charge in [-0.15, -0.1) is 0 Å². The molecule has 4 rings (SSSR count). The van der Waals surface area contributed by atoms with Crippen LogP contribution in [0.4, 0.5) is 27.5 Å². The lowest BCUT2D eigenvalue weighted by Gasteiger charge is -2.33. The van der Waals surface area contributed by atoms with E-state index in [9.17, 15) is 4.39 Å². The molecule has 0 spiro atoms. The second-order valence-corrected chi connectivity index (χ2v) is 9.02. The third-order valence-electron chi connectivity index (χ3n) is 6.18. The normalized spacial score (nSPS) is 18.8. The summed E-state index contributed by atoms with van der Waals surface area (Å²) >= 11 is 0. The number of piperazine rings is 1. The van der Waals surface area contributed by atoms with Crippen molar-refractivity contribution < 1.29 is 13.9 Å². The van der Waals surface area contributed by atoms with Crippen molar-refractivity contribution in [3.05, 3.63) is 35.8 Å². The Morgan fingerprint density at radius 1 is 1.22 bits per heavy atom. The summed E-state index contributed by atoms with van der Waals surface area (Å²) in [5.74, 6) is 0.822. The predicted octanol–water partition coefficient (Wildman–Crippen LogP) is 2.31. The van der Waals surface area contributed by atoms with Crippen LogP contribution in [0.25, 0.3) is 0 Å². The summed E-state index contributed by atoms with van der Waals surface area (Å²) in [4.78, 5) is 14.1. The smallest absolute Gasteiger partial charge is 0.228 e. The van der Waals surface area contributed by atoms with Crippen LogP contribution in [0, 0.1) is 11.2 Å². The van der Waals surface area contributed by atoms with Crippen LogP contribution in [-0.2, 0) is 9.47 Å².